The second-order valence-corrected chi connectivity index (χ2v) is 3.63. The van der Waals surface area contributed by atoms with E-state index in [9.17, 15) is 15.0 Å². The molecule has 0 spiro atoms. The summed E-state index contributed by atoms with van der Waals surface area (Å²) >= 11 is 0. The Hall–Kier alpha value is -1.55. The summed E-state index contributed by atoms with van der Waals surface area (Å²) in [6, 6.07) is 0. The summed E-state index contributed by atoms with van der Waals surface area (Å²) in [5, 5.41) is 28.1. The third-order valence-electron chi connectivity index (χ3n) is 2.54. The maximum absolute atomic E-state index is 11.5. The summed E-state index contributed by atoms with van der Waals surface area (Å²) in [4.78, 5) is 18.4. The van der Waals surface area contributed by atoms with Crippen molar-refractivity contribution in [2.24, 2.45) is 0 Å². The van der Waals surface area contributed by atoms with Crippen molar-refractivity contribution in [1.29, 1.82) is 0 Å². The van der Waals surface area contributed by atoms with Gasteiger partial charge in [0.25, 0.3) is 0 Å². The lowest BCUT2D eigenvalue weighted by Gasteiger charge is -2.16. The van der Waals surface area contributed by atoms with Crippen LogP contribution in [0.5, 0.6) is 0 Å². The van der Waals surface area contributed by atoms with E-state index in [0.717, 1.165) is 10.9 Å². The molecule has 0 radical (unpaired) electrons. The molecule has 4 atom stereocenters. The number of rotatable bonds is 2. The largest absolute Gasteiger partial charge is 0.394 e. The molecule has 0 aliphatic carbocycles. The van der Waals surface area contributed by atoms with Gasteiger partial charge in [-0.25, -0.2) is 9.78 Å². The van der Waals surface area contributed by atoms with Crippen LogP contribution in [0.3, 0.4) is 0 Å². The van der Waals surface area contributed by atoms with Crippen LogP contribution in [0.1, 0.15) is 6.23 Å². The highest BCUT2D eigenvalue weighted by atomic mass is 16.6. The van der Waals surface area contributed by atoms with Crippen LogP contribution in [0.15, 0.2) is 11.1 Å². The summed E-state index contributed by atoms with van der Waals surface area (Å²) in [5.74, 6) is -0.196. The fraction of sp³-hybridized carbons (Fsp3) is 0.625. The zero-order valence-electron chi connectivity index (χ0n) is 8.67. The first kappa shape index (κ1) is 11.9. The van der Waals surface area contributed by atoms with Gasteiger partial charge in [-0.2, -0.15) is 4.98 Å². The van der Waals surface area contributed by atoms with Crippen molar-refractivity contribution in [3.8, 4) is 0 Å². The van der Waals surface area contributed by atoms with Crippen LogP contribution in [-0.2, 0) is 4.74 Å². The summed E-state index contributed by atoms with van der Waals surface area (Å²) in [7, 11) is 0. The lowest BCUT2D eigenvalue weighted by atomic mass is 10.1. The molecule has 9 nitrogen and oxygen atoms in total. The second-order valence-electron chi connectivity index (χ2n) is 3.63. The van der Waals surface area contributed by atoms with Crippen LogP contribution in [0.4, 0.5) is 5.95 Å². The lowest BCUT2D eigenvalue weighted by Crippen LogP contribution is -2.36. The Labute approximate surface area is 95.1 Å². The van der Waals surface area contributed by atoms with Gasteiger partial charge in [0.05, 0.1) is 6.61 Å². The molecule has 1 aromatic heterocycles. The van der Waals surface area contributed by atoms with Gasteiger partial charge >= 0.3 is 5.69 Å². The van der Waals surface area contributed by atoms with Crippen LogP contribution >= 0.6 is 0 Å². The van der Waals surface area contributed by atoms with Gasteiger partial charge in [-0.1, -0.05) is 0 Å². The highest BCUT2D eigenvalue weighted by Crippen LogP contribution is 2.27. The van der Waals surface area contributed by atoms with Crippen LogP contribution in [-0.4, -0.2) is 54.8 Å². The lowest BCUT2D eigenvalue weighted by molar-refractivity contribution is -0.0554. The van der Waals surface area contributed by atoms with E-state index >= 15 is 0 Å². The number of aliphatic hydroxyl groups excluding tert-OH is 3. The monoisotopic (exact) mass is 244 g/mol. The zero-order valence-corrected chi connectivity index (χ0v) is 8.67. The first-order valence-electron chi connectivity index (χ1n) is 4.87. The van der Waals surface area contributed by atoms with Crippen molar-refractivity contribution in [3.63, 3.8) is 0 Å². The van der Waals surface area contributed by atoms with E-state index in [4.69, 9.17) is 15.6 Å². The molecule has 2 rings (SSSR count). The average molecular weight is 244 g/mol. The van der Waals surface area contributed by atoms with E-state index in [2.05, 4.69) is 9.97 Å². The molecular formula is C8H12N4O5. The summed E-state index contributed by atoms with van der Waals surface area (Å²) in [6.07, 6.45) is -3.67. The van der Waals surface area contributed by atoms with Gasteiger partial charge in [-0.05, 0) is 0 Å². The predicted octanol–water partition coefficient (Wildman–Crippen LogP) is -3.17. The number of anilines is 1. The minimum absolute atomic E-state index is 0.196. The van der Waals surface area contributed by atoms with Crippen molar-refractivity contribution < 1.29 is 20.1 Å². The minimum Gasteiger partial charge on any atom is -0.394 e. The summed E-state index contributed by atoms with van der Waals surface area (Å²) < 4.78 is 6.04. The Bertz CT molecular complexity index is 463. The molecule has 0 amide bonds. The molecule has 1 aliphatic heterocycles. The molecule has 1 aliphatic rings. The van der Waals surface area contributed by atoms with E-state index in [1.54, 1.807) is 0 Å². The van der Waals surface area contributed by atoms with Crippen molar-refractivity contribution in [2.75, 3.05) is 12.3 Å². The number of nitrogen functional groups attached to an aromatic ring is 1. The highest BCUT2D eigenvalue weighted by molar-refractivity contribution is 5.10. The number of aromatic nitrogens is 3. The molecule has 2 heterocycles. The second kappa shape index (κ2) is 4.37. The molecular weight excluding hydrogens is 232 g/mol. The fourth-order valence-electron chi connectivity index (χ4n) is 1.64. The number of ether oxygens (including phenoxy) is 1. The average Bonchev–Trinajstić information content (AvgIpc) is 2.57. The van der Waals surface area contributed by atoms with Crippen molar-refractivity contribution >= 4 is 5.95 Å². The van der Waals surface area contributed by atoms with Crippen molar-refractivity contribution in [2.45, 2.75) is 24.5 Å². The number of nitrogens with two attached hydrogens (primary N) is 1. The van der Waals surface area contributed by atoms with E-state index in [1.807, 2.05) is 0 Å². The maximum Gasteiger partial charge on any atom is 0.354 e. The zero-order chi connectivity index (χ0) is 12.6. The van der Waals surface area contributed by atoms with Gasteiger partial charge in [0, 0.05) is 0 Å². The van der Waals surface area contributed by atoms with Gasteiger partial charge in [0.15, 0.2) is 6.23 Å². The minimum atomic E-state index is -1.35. The molecule has 1 aromatic rings. The van der Waals surface area contributed by atoms with Crippen LogP contribution in [0.25, 0.3) is 0 Å². The predicted molar refractivity (Wildman–Crippen MR) is 53.7 cm³/mol. The van der Waals surface area contributed by atoms with E-state index in [-0.39, 0.29) is 5.95 Å². The Kier molecular flexibility index (Phi) is 3.07. The molecule has 5 N–H and O–H groups in total. The smallest absolute Gasteiger partial charge is 0.354 e. The summed E-state index contributed by atoms with van der Waals surface area (Å²) in [6.45, 7) is -0.473. The summed E-state index contributed by atoms with van der Waals surface area (Å²) in [5.41, 5.74) is 4.46. The standard InChI is InChI=1S/C8H12N4O5/c9-7-10-2-12(8(16)11-7)6-5(15)4(14)3(1-13)17-6/h2-6,13-15H,1H2,(H2,9,11,16)/t3-,4+,5+,6-/m0/s1. The third-order valence-corrected chi connectivity index (χ3v) is 2.54. The first-order chi connectivity index (χ1) is 8.04. The molecule has 0 unspecified atom stereocenters. The number of hydrogen-bond acceptors (Lipinski definition) is 8. The SMILES string of the molecule is Nc1ncn([C@H]2O[C@@H](CO)[C@@H](O)[C@H]2O)c(=O)n1. The molecule has 0 bridgehead atoms. The molecule has 94 valence electrons. The van der Waals surface area contributed by atoms with Gasteiger partial charge in [-0.3, -0.25) is 4.57 Å². The first-order valence-corrected chi connectivity index (χ1v) is 4.87. The van der Waals surface area contributed by atoms with Crippen molar-refractivity contribution in [1.82, 2.24) is 14.5 Å². The van der Waals surface area contributed by atoms with Gasteiger partial charge in [-0.15, -0.1) is 0 Å². The fourth-order valence-corrected chi connectivity index (χ4v) is 1.64. The number of aliphatic hydroxyl groups is 3. The molecule has 17 heavy (non-hydrogen) atoms. The molecule has 1 fully saturated rings. The Morgan fingerprint density at radius 1 is 1.47 bits per heavy atom. The molecule has 0 aromatic carbocycles. The molecule has 1 saturated heterocycles. The Morgan fingerprint density at radius 2 is 2.18 bits per heavy atom. The van der Waals surface area contributed by atoms with E-state index in [1.165, 1.54) is 0 Å². The number of nitrogens with zero attached hydrogens (tertiary/aromatic N) is 3. The Morgan fingerprint density at radius 3 is 2.71 bits per heavy atom. The maximum atomic E-state index is 11.5. The van der Waals surface area contributed by atoms with Gasteiger partial charge < -0.3 is 25.8 Å². The van der Waals surface area contributed by atoms with Crippen LogP contribution in [0, 0.1) is 0 Å². The van der Waals surface area contributed by atoms with Gasteiger partial charge in [0.1, 0.15) is 24.6 Å². The normalized spacial score (nSPS) is 32.9. The quantitative estimate of drug-likeness (QED) is 0.426. The molecule has 0 saturated carbocycles. The number of hydrogen-bond donors (Lipinski definition) is 4. The van der Waals surface area contributed by atoms with Crippen LogP contribution in [0.2, 0.25) is 0 Å². The molecule has 9 heteroatoms. The highest BCUT2D eigenvalue weighted by Gasteiger charge is 2.43. The third kappa shape index (κ3) is 2.00. The van der Waals surface area contributed by atoms with E-state index in [0.29, 0.717) is 0 Å². The van der Waals surface area contributed by atoms with Crippen molar-refractivity contribution in [3.05, 3.63) is 16.8 Å². The van der Waals surface area contributed by atoms with E-state index < -0.39 is 36.8 Å². The Balaban J connectivity index is 2.32. The van der Waals surface area contributed by atoms with Crippen LogP contribution < -0.4 is 11.4 Å². The topological polar surface area (TPSA) is 144 Å². The van der Waals surface area contributed by atoms with Gasteiger partial charge in [0.2, 0.25) is 5.95 Å².